The minimum atomic E-state index is -0.0591. The maximum absolute atomic E-state index is 5.97. The summed E-state index contributed by atoms with van der Waals surface area (Å²) in [5, 5.41) is 6.73. The van der Waals surface area contributed by atoms with Gasteiger partial charge in [-0.3, -0.25) is 4.99 Å². The van der Waals surface area contributed by atoms with Crippen molar-refractivity contribution in [1.82, 2.24) is 15.5 Å². The topological polar surface area (TPSA) is 76.6 Å². The molecular formula is C24H37IN4O4. The molecule has 0 heterocycles. The molecule has 2 atom stereocenters. The van der Waals surface area contributed by atoms with Gasteiger partial charge < -0.3 is 34.5 Å². The van der Waals surface area contributed by atoms with E-state index in [9.17, 15) is 0 Å². The van der Waals surface area contributed by atoms with Gasteiger partial charge in [0.1, 0.15) is 17.6 Å². The fourth-order valence-electron chi connectivity index (χ4n) is 3.26. The van der Waals surface area contributed by atoms with Gasteiger partial charge in [-0.1, -0.05) is 12.1 Å². The van der Waals surface area contributed by atoms with E-state index in [2.05, 4.69) is 20.5 Å². The lowest BCUT2D eigenvalue weighted by Crippen LogP contribution is -2.44. The van der Waals surface area contributed by atoms with Crippen LogP contribution in [0, 0.1) is 0 Å². The first-order chi connectivity index (χ1) is 15.4. The van der Waals surface area contributed by atoms with Gasteiger partial charge in [-0.25, -0.2) is 0 Å². The van der Waals surface area contributed by atoms with Crippen LogP contribution in [0.2, 0.25) is 0 Å². The lowest BCUT2D eigenvalue weighted by Gasteiger charge is -2.27. The Bertz CT molecular complexity index is 879. The van der Waals surface area contributed by atoms with Gasteiger partial charge in [-0.2, -0.15) is 0 Å². The van der Waals surface area contributed by atoms with Crippen LogP contribution in [0.25, 0.3) is 0 Å². The highest BCUT2D eigenvalue weighted by Crippen LogP contribution is 2.31. The van der Waals surface area contributed by atoms with Crippen molar-refractivity contribution in [2.75, 3.05) is 55.6 Å². The molecule has 184 valence electrons. The quantitative estimate of drug-likeness (QED) is 0.242. The second-order valence-corrected chi connectivity index (χ2v) is 7.54. The Morgan fingerprint density at radius 2 is 1.58 bits per heavy atom. The fourth-order valence-corrected chi connectivity index (χ4v) is 3.26. The SMILES string of the molecule is CN=C(NCC(C)Oc1cccc(OC)c1)NCC(c1ccc(OC)c(OC)c1)N(C)C.I. The average Bonchev–Trinajstić information content (AvgIpc) is 2.80. The molecule has 0 aliphatic carbocycles. The maximum Gasteiger partial charge on any atom is 0.191 e. The van der Waals surface area contributed by atoms with Crippen molar-refractivity contribution < 1.29 is 18.9 Å². The van der Waals surface area contributed by atoms with Crippen LogP contribution in [0.1, 0.15) is 18.5 Å². The number of hydrogen-bond donors (Lipinski definition) is 2. The summed E-state index contributed by atoms with van der Waals surface area (Å²) in [6, 6.07) is 13.7. The lowest BCUT2D eigenvalue weighted by atomic mass is 10.1. The molecular weight excluding hydrogens is 535 g/mol. The third-order valence-electron chi connectivity index (χ3n) is 5.04. The number of benzene rings is 2. The first kappa shape index (κ1) is 28.6. The number of nitrogens with one attached hydrogen (secondary N) is 2. The van der Waals surface area contributed by atoms with Crippen LogP contribution in [-0.4, -0.2) is 72.5 Å². The van der Waals surface area contributed by atoms with E-state index < -0.39 is 0 Å². The highest BCUT2D eigenvalue weighted by Gasteiger charge is 2.17. The summed E-state index contributed by atoms with van der Waals surface area (Å²) in [4.78, 5) is 6.49. The Kier molecular flexibility index (Phi) is 12.7. The number of likely N-dealkylation sites (N-methyl/N-ethyl adjacent to an activating group) is 1. The van der Waals surface area contributed by atoms with E-state index in [0.29, 0.717) is 30.5 Å². The average molecular weight is 572 g/mol. The van der Waals surface area contributed by atoms with Crippen molar-refractivity contribution >= 4 is 29.9 Å². The number of guanidine groups is 1. The fraction of sp³-hybridized carbons (Fsp3) is 0.458. The van der Waals surface area contributed by atoms with Crippen molar-refractivity contribution in [2.24, 2.45) is 4.99 Å². The number of halogens is 1. The summed E-state index contributed by atoms with van der Waals surface area (Å²) in [6.07, 6.45) is -0.0591. The lowest BCUT2D eigenvalue weighted by molar-refractivity contribution is 0.222. The second kappa shape index (κ2) is 14.7. The van der Waals surface area contributed by atoms with E-state index in [0.717, 1.165) is 17.1 Å². The number of rotatable bonds is 11. The highest BCUT2D eigenvalue weighted by atomic mass is 127. The molecule has 0 bridgehead atoms. The summed E-state index contributed by atoms with van der Waals surface area (Å²) >= 11 is 0. The minimum Gasteiger partial charge on any atom is -0.497 e. The number of aliphatic imine (C=N–C) groups is 1. The molecule has 0 spiro atoms. The molecule has 0 radical (unpaired) electrons. The van der Waals surface area contributed by atoms with Crippen LogP contribution in [0.5, 0.6) is 23.0 Å². The molecule has 2 unspecified atom stereocenters. The van der Waals surface area contributed by atoms with Crippen molar-refractivity contribution in [2.45, 2.75) is 19.1 Å². The van der Waals surface area contributed by atoms with E-state index in [1.54, 1.807) is 28.4 Å². The zero-order chi connectivity index (χ0) is 23.5. The van der Waals surface area contributed by atoms with Gasteiger partial charge in [-0.15, -0.1) is 24.0 Å². The first-order valence-corrected chi connectivity index (χ1v) is 10.5. The predicted octanol–water partition coefficient (Wildman–Crippen LogP) is 3.57. The number of methoxy groups -OCH3 is 3. The van der Waals surface area contributed by atoms with Gasteiger partial charge in [0.15, 0.2) is 17.5 Å². The molecule has 0 amide bonds. The largest absolute Gasteiger partial charge is 0.497 e. The van der Waals surface area contributed by atoms with Crippen LogP contribution < -0.4 is 29.6 Å². The Balaban J connectivity index is 0.00000544. The molecule has 0 aliphatic rings. The summed E-state index contributed by atoms with van der Waals surface area (Å²) < 4.78 is 22.0. The Morgan fingerprint density at radius 1 is 0.909 bits per heavy atom. The molecule has 0 aliphatic heterocycles. The van der Waals surface area contributed by atoms with Crippen LogP contribution in [0.4, 0.5) is 0 Å². The standard InChI is InChI=1S/C24H36N4O4.HI/c1-17(32-20-10-8-9-19(14-20)29-5)15-26-24(25-2)27-16-21(28(3)4)18-11-12-22(30-6)23(13-18)31-7;/h8-14,17,21H,15-16H2,1-7H3,(H2,25,26,27);1H. The van der Waals surface area contributed by atoms with Crippen molar-refractivity contribution in [3.8, 4) is 23.0 Å². The molecule has 2 aromatic carbocycles. The van der Waals surface area contributed by atoms with Crippen LogP contribution in [-0.2, 0) is 0 Å². The number of ether oxygens (including phenoxy) is 4. The molecule has 2 rings (SSSR count). The van der Waals surface area contributed by atoms with E-state index in [1.807, 2.05) is 63.5 Å². The van der Waals surface area contributed by atoms with Crippen LogP contribution in [0.3, 0.4) is 0 Å². The second-order valence-electron chi connectivity index (χ2n) is 7.54. The van der Waals surface area contributed by atoms with Crippen LogP contribution >= 0.6 is 24.0 Å². The molecule has 2 aromatic rings. The summed E-state index contributed by atoms with van der Waals surface area (Å²) in [5.74, 6) is 3.67. The van der Waals surface area contributed by atoms with Gasteiger partial charge in [-0.05, 0) is 50.8 Å². The predicted molar refractivity (Wildman–Crippen MR) is 144 cm³/mol. The maximum atomic E-state index is 5.97. The van der Waals surface area contributed by atoms with E-state index >= 15 is 0 Å². The van der Waals surface area contributed by atoms with Crippen molar-refractivity contribution in [3.63, 3.8) is 0 Å². The molecule has 0 fully saturated rings. The third-order valence-corrected chi connectivity index (χ3v) is 5.04. The van der Waals surface area contributed by atoms with Gasteiger partial charge in [0, 0.05) is 19.7 Å². The molecule has 0 saturated heterocycles. The van der Waals surface area contributed by atoms with E-state index in [4.69, 9.17) is 18.9 Å². The number of nitrogens with zero attached hydrogens (tertiary/aromatic N) is 2. The highest BCUT2D eigenvalue weighted by molar-refractivity contribution is 14.0. The van der Waals surface area contributed by atoms with Gasteiger partial charge in [0.05, 0.1) is 33.9 Å². The van der Waals surface area contributed by atoms with Crippen LogP contribution in [0.15, 0.2) is 47.5 Å². The molecule has 2 N–H and O–H groups in total. The monoisotopic (exact) mass is 572 g/mol. The van der Waals surface area contributed by atoms with Gasteiger partial charge in [0.25, 0.3) is 0 Å². The van der Waals surface area contributed by atoms with E-state index in [1.165, 1.54) is 0 Å². The third kappa shape index (κ3) is 8.81. The minimum absolute atomic E-state index is 0. The molecule has 33 heavy (non-hydrogen) atoms. The Labute approximate surface area is 214 Å². The zero-order valence-electron chi connectivity index (χ0n) is 20.5. The summed E-state index contributed by atoms with van der Waals surface area (Å²) in [7, 11) is 10.8. The van der Waals surface area contributed by atoms with Crippen molar-refractivity contribution in [1.29, 1.82) is 0 Å². The van der Waals surface area contributed by atoms with Crippen molar-refractivity contribution in [3.05, 3.63) is 48.0 Å². The molecule has 9 heteroatoms. The Morgan fingerprint density at radius 3 is 2.18 bits per heavy atom. The summed E-state index contributed by atoms with van der Waals surface area (Å²) in [5.41, 5.74) is 1.12. The summed E-state index contributed by atoms with van der Waals surface area (Å²) in [6.45, 7) is 3.26. The zero-order valence-corrected chi connectivity index (χ0v) is 22.9. The molecule has 0 saturated carbocycles. The smallest absolute Gasteiger partial charge is 0.191 e. The molecule has 8 nitrogen and oxygen atoms in total. The van der Waals surface area contributed by atoms with E-state index in [-0.39, 0.29) is 36.1 Å². The Hall–Kier alpha value is -2.40. The first-order valence-electron chi connectivity index (χ1n) is 10.5. The number of hydrogen-bond acceptors (Lipinski definition) is 6. The van der Waals surface area contributed by atoms with Gasteiger partial charge in [0.2, 0.25) is 0 Å². The van der Waals surface area contributed by atoms with Gasteiger partial charge >= 0.3 is 0 Å². The normalized spacial score (nSPS) is 12.9. The molecule has 0 aromatic heterocycles.